The Bertz CT molecular complexity index is 894. The van der Waals surface area contributed by atoms with Gasteiger partial charge in [0.1, 0.15) is 0 Å². The molecule has 0 atom stereocenters. The summed E-state index contributed by atoms with van der Waals surface area (Å²) in [4.78, 5) is 29.6. The van der Waals surface area contributed by atoms with Crippen molar-refractivity contribution < 1.29 is 9.59 Å². The van der Waals surface area contributed by atoms with E-state index in [2.05, 4.69) is 26.6 Å². The van der Waals surface area contributed by atoms with Gasteiger partial charge in [0.2, 0.25) is 5.91 Å². The minimum Gasteiger partial charge on any atom is -0.343 e. The van der Waals surface area contributed by atoms with Crippen LogP contribution in [0.15, 0.2) is 34.8 Å². The van der Waals surface area contributed by atoms with E-state index in [0.717, 1.165) is 53.0 Å². The summed E-state index contributed by atoms with van der Waals surface area (Å²) >= 11 is 3.53. The van der Waals surface area contributed by atoms with Crippen LogP contribution in [0.1, 0.15) is 48.4 Å². The lowest BCUT2D eigenvalue weighted by Crippen LogP contribution is -2.44. The lowest BCUT2D eigenvalue weighted by molar-refractivity contribution is -0.136. The maximum absolute atomic E-state index is 13.2. The third-order valence-electron chi connectivity index (χ3n) is 5.93. The molecule has 6 heteroatoms. The highest BCUT2D eigenvalue weighted by Crippen LogP contribution is 2.26. The van der Waals surface area contributed by atoms with Crippen molar-refractivity contribution >= 4 is 27.7 Å². The molecule has 2 heterocycles. The van der Waals surface area contributed by atoms with Crippen molar-refractivity contribution in [1.29, 1.82) is 0 Å². The van der Waals surface area contributed by atoms with E-state index in [0.29, 0.717) is 13.1 Å². The summed E-state index contributed by atoms with van der Waals surface area (Å²) in [6.45, 7) is 10.8. The summed E-state index contributed by atoms with van der Waals surface area (Å²) in [5, 5.41) is 0. The first-order valence-electron chi connectivity index (χ1n) is 10.4. The summed E-state index contributed by atoms with van der Waals surface area (Å²) < 4.78 is 3.13. The monoisotopic (exact) mass is 459 g/mol. The third-order valence-corrected chi connectivity index (χ3v) is 6.43. The number of hydrogen-bond donors (Lipinski definition) is 0. The lowest BCUT2D eigenvalue weighted by Gasteiger charge is -2.33. The molecule has 1 aliphatic heterocycles. The largest absolute Gasteiger partial charge is 0.343 e. The number of likely N-dealkylation sites (tertiary alicyclic amines) is 1. The fourth-order valence-electron chi connectivity index (χ4n) is 4.29. The van der Waals surface area contributed by atoms with Gasteiger partial charge in [0, 0.05) is 53.6 Å². The first kappa shape index (κ1) is 21.6. The van der Waals surface area contributed by atoms with Gasteiger partial charge in [-0.3, -0.25) is 9.59 Å². The van der Waals surface area contributed by atoms with Crippen molar-refractivity contribution in [3.63, 3.8) is 0 Å². The van der Waals surface area contributed by atoms with Gasteiger partial charge in [0.05, 0.1) is 5.56 Å². The molecule has 156 valence electrons. The predicted octanol–water partition coefficient (Wildman–Crippen LogP) is 4.58. The van der Waals surface area contributed by atoms with Gasteiger partial charge in [-0.25, -0.2) is 0 Å². The number of rotatable bonds is 5. The maximum atomic E-state index is 13.2. The number of piperidine rings is 1. The van der Waals surface area contributed by atoms with Crippen molar-refractivity contribution in [2.24, 2.45) is 5.92 Å². The number of aryl methyl sites for hydroxylation is 1. The maximum Gasteiger partial charge on any atom is 0.255 e. The van der Waals surface area contributed by atoms with Crippen LogP contribution < -0.4 is 0 Å². The summed E-state index contributed by atoms with van der Waals surface area (Å²) in [7, 11) is 0. The molecule has 5 nitrogen and oxygen atoms in total. The zero-order valence-electron chi connectivity index (χ0n) is 17.7. The van der Waals surface area contributed by atoms with Crippen LogP contribution in [0.4, 0.5) is 0 Å². The van der Waals surface area contributed by atoms with Crippen LogP contribution in [0.2, 0.25) is 0 Å². The van der Waals surface area contributed by atoms with Crippen LogP contribution in [0.25, 0.3) is 5.69 Å². The SMILES string of the molecule is CCN(CC)C(=O)C1CCN(C(=O)c2cc(C)n(-c3cccc(Br)c3)c2C)CC1. The summed E-state index contributed by atoms with van der Waals surface area (Å²) in [6.07, 6.45) is 1.48. The van der Waals surface area contributed by atoms with Gasteiger partial charge in [0.25, 0.3) is 5.91 Å². The van der Waals surface area contributed by atoms with E-state index in [1.807, 2.05) is 61.8 Å². The summed E-state index contributed by atoms with van der Waals surface area (Å²) in [5.41, 5.74) is 3.77. The normalized spacial score (nSPS) is 14.9. The molecule has 0 N–H and O–H groups in total. The van der Waals surface area contributed by atoms with E-state index in [-0.39, 0.29) is 17.7 Å². The third kappa shape index (κ3) is 4.42. The van der Waals surface area contributed by atoms with E-state index in [9.17, 15) is 9.59 Å². The van der Waals surface area contributed by atoms with E-state index in [1.54, 1.807) is 0 Å². The zero-order valence-corrected chi connectivity index (χ0v) is 19.3. The Kier molecular flexibility index (Phi) is 6.83. The Morgan fingerprint density at radius 3 is 2.34 bits per heavy atom. The number of nitrogens with zero attached hydrogens (tertiary/aromatic N) is 3. The van der Waals surface area contributed by atoms with Gasteiger partial charge in [-0.2, -0.15) is 0 Å². The highest BCUT2D eigenvalue weighted by atomic mass is 79.9. The standard InChI is InChI=1S/C23H30BrN3O2/c1-5-25(6-2)22(28)18-10-12-26(13-11-18)23(29)21-14-16(3)27(17(21)4)20-9-7-8-19(24)15-20/h7-9,14-15,18H,5-6,10-13H2,1-4H3. The number of aromatic nitrogens is 1. The molecule has 0 saturated carbocycles. The average Bonchev–Trinajstić information content (AvgIpc) is 3.02. The molecule has 1 fully saturated rings. The molecule has 3 rings (SSSR count). The van der Waals surface area contributed by atoms with Crippen LogP contribution in [-0.2, 0) is 4.79 Å². The molecule has 0 radical (unpaired) electrons. The fraction of sp³-hybridized carbons (Fsp3) is 0.478. The molecule has 0 unspecified atom stereocenters. The second-order valence-corrected chi connectivity index (χ2v) is 8.59. The molecule has 1 aromatic carbocycles. The molecule has 1 aromatic heterocycles. The van der Waals surface area contributed by atoms with Crippen molar-refractivity contribution in [2.45, 2.75) is 40.5 Å². The zero-order chi connectivity index (χ0) is 21.1. The number of hydrogen-bond acceptors (Lipinski definition) is 2. The molecule has 1 saturated heterocycles. The first-order valence-corrected chi connectivity index (χ1v) is 11.2. The summed E-state index contributed by atoms with van der Waals surface area (Å²) in [5.74, 6) is 0.330. The van der Waals surface area contributed by atoms with Crippen molar-refractivity contribution in [3.05, 3.63) is 51.8 Å². The Hall–Kier alpha value is -2.08. The topological polar surface area (TPSA) is 45.6 Å². The predicted molar refractivity (Wildman–Crippen MR) is 119 cm³/mol. The van der Waals surface area contributed by atoms with E-state index in [1.165, 1.54) is 0 Å². The lowest BCUT2D eigenvalue weighted by atomic mass is 9.94. The quantitative estimate of drug-likeness (QED) is 0.656. The van der Waals surface area contributed by atoms with Crippen LogP contribution in [-0.4, -0.2) is 52.4 Å². The second kappa shape index (κ2) is 9.16. The molecule has 1 aliphatic rings. The van der Waals surface area contributed by atoms with Gasteiger partial charge in [-0.05, 0) is 64.8 Å². The van der Waals surface area contributed by atoms with Gasteiger partial charge in [-0.1, -0.05) is 22.0 Å². The van der Waals surface area contributed by atoms with Crippen LogP contribution in [0.3, 0.4) is 0 Å². The number of amides is 2. The molecular weight excluding hydrogens is 430 g/mol. The number of halogens is 1. The van der Waals surface area contributed by atoms with Crippen LogP contribution in [0.5, 0.6) is 0 Å². The van der Waals surface area contributed by atoms with Crippen molar-refractivity contribution in [3.8, 4) is 5.69 Å². The fourth-order valence-corrected chi connectivity index (χ4v) is 4.67. The highest BCUT2D eigenvalue weighted by Gasteiger charge is 2.31. The number of carbonyl (C=O) groups excluding carboxylic acids is 2. The highest BCUT2D eigenvalue weighted by molar-refractivity contribution is 9.10. The Labute approximate surface area is 181 Å². The average molecular weight is 460 g/mol. The van der Waals surface area contributed by atoms with Gasteiger partial charge < -0.3 is 14.4 Å². The first-order chi connectivity index (χ1) is 13.9. The molecular formula is C23H30BrN3O2. The smallest absolute Gasteiger partial charge is 0.255 e. The van der Waals surface area contributed by atoms with Gasteiger partial charge in [0.15, 0.2) is 0 Å². The van der Waals surface area contributed by atoms with E-state index < -0.39 is 0 Å². The Morgan fingerprint density at radius 2 is 1.76 bits per heavy atom. The Balaban J connectivity index is 1.74. The Morgan fingerprint density at radius 1 is 1.10 bits per heavy atom. The molecule has 29 heavy (non-hydrogen) atoms. The number of benzene rings is 1. The molecule has 0 bridgehead atoms. The molecule has 0 spiro atoms. The van der Waals surface area contributed by atoms with Crippen molar-refractivity contribution in [1.82, 2.24) is 14.4 Å². The molecule has 2 amide bonds. The molecule has 2 aromatic rings. The van der Waals surface area contributed by atoms with E-state index >= 15 is 0 Å². The van der Waals surface area contributed by atoms with Gasteiger partial charge >= 0.3 is 0 Å². The van der Waals surface area contributed by atoms with Gasteiger partial charge in [-0.15, -0.1) is 0 Å². The minimum atomic E-state index is 0.0352. The minimum absolute atomic E-state index is 0.0352. The summed E-state index contributed by atoms with van der Waals surface area (Å²) in [6, 6.07) is 10.1. The number of carbonyl (C=O) groups is 2. The molecule has 0 aliphatic carbocycles. The van der Waals surface area contributed by atoms with Crippen LogP contribution in [0, 0.1) is 19.8 Å². The van der Waals surface area contributed by atoms with Crippen LogP contribution >= 0.6 is 15.9 Å². The van der Waals surface area contributed by atoms with Crippen molar-refractivity contribution in [2.75, 3.05) is 26.2 Å². The van der Waals surface area contributed by atoms with E-state index in [4.69, 9.17) is 0 Å². The second-order valence-electron chi connectivity index (χ2n) is 7.68.